The van der Waals surface area contributed by atoms with Crippen LogP contribution in [0.4, 0.5) is 5.69 Å². The number of para-hydroxylation sites is 1. The number of hydrogen-bond donors (Lipinski definition) is 2. The Morgan fingerprint density at radius 2 is 2.17 bits per heavy atom. The molecular weight excluding hydrogens is 250 g/mol. The van der Waals surface area contributed by atoms with Crippen LogP contribution in [0.15, 0.2) is 46.3 Å². The molecule has 0 bridgehead atoms. The second-order valence-electron chi connectivity index (χ2n) is 3.45. The van der Waals surface area contributed by atoms with Crippen LogP contribution in [-0.2, 0) is 0 Å². The first-order valence-electron chi connectivity index (χ1n) is 5.20. The van der Waals surface area contributed by atoms with Crippen LogP contribution in [0.2, 0.25) is 0 Å². The lowest BCUT2D eigenvalue weighted by Gasteiger charge is -2.08. The number of carbonyl (C=O) groups excluding carboxylic acids is 1. The molecule has 0 aliphatic heterocycles. The molecule has 0 aliphatic carbocycles. The molecule has 0 radical (unpaired) electrons. The van der Waals surface area contributed by atoms with Crippen molar-refractivity contribution in [2.24, 2.45) is 0 Å². The molecule has 1 aromatic carbocycles. The summed E-state index contributed by atoms with van der Waals surface area (Å²) in [5, 5.41) is 2.73. The van der Waals surface area contributed by atoms with Crippen LogP contribution in [0, 0.1) is 0 Å². The summed E-state index contributed by atoms with van der Waals surface area (Å²) in [6, 6.07) is 8.60. The van der Waals surface area contributed by atoms with Crippen LogP contribution in [-0.4, -0.2) is 22.1 Å². The number of aromatic nitrogens is 2. The lowest BCUT2D eigenvalue weighted by Crippen LogP contribution is -2.18. The Labute approximate surface area is 108 Å². The maximum absolute atomic E-state index is 11.9. The van der Waals surface area contributed by atoms with Crippen molar-refractivity contribution in [3.8, 4) is 0 Å². The number of hydrogen-bond acceptors (Lipinski definition) is 4. The van der Waals surface area contributed by atoms with Gasteiger partial charge in [-0.25, -0.2) is 4.98 Å². The van der Waals surface area contributed by atoms with Crippen LogP contribution >= 0.6 is 11.8 Å². The van der Waals surface area contributed by atoms with E-state index in [-0.39, 0.29) is 11.3 Å². The molecule has 6 heteroatoms. The average molecular weight is 261 g/mol. The van der Waals surface area contributed by atoms with Gasteiger partial charge in [-0.2, -0.15) is 0 Å². The number of anilines is 1. The monoisotopic (exact) mass is 261 g/mol. The van der Waals surface area contributed by atoms with Crippen molar-refractivity contribution in [3.05, 3.63) is 52.7 Å². The Bertz CT molecular complexity index is 624. The highest BCUT2D eigenvalue weighted by Crippen LogP contribution is 2.24. The van der Waals surface area contributed by atoms with E-state index >= 15 is 0 Å². The van der Waals surface area contributed by atoms with E-state index in [1.165, 1.54) is 18.1 Å². The maximum atomic E-state index is 11.9. The smallest absolute Gasteiger partial charge is 0.274 e. The van der Waals surface area contributed by atoms with Gasteiger partial charge >= 0.3 is 0 Å². The zero-order valence-corrected chi connectivity index (χ0v) is 10.5. The molecule has 5 nitrogen and oxygen atoms in total. The highest BCUT2D eigenvalue weighted by molar-refractivity contribution is 7.98. The third-order valence-electron chi connectivity index (χ3n) is 2.27. The van der Waals surface area contributed by atoms with Gasteiger partial charge in [0.05, 0.1) is 12.0 Å². The Hall–Kier alpha value is -2.08. The van der Waals surface area contributed by atoms with E-state index in [0.29, 0.717) is 5.69 Å². The third-order valence-corrected chi connectivity index (χ3v) is 3.06. The molecule has 1 aromatic heterocycles. The quantitative estimate of drug-likeness (QED) is 0.825. The van der Waals surface area contributed by atoms with E-state index in [1.54, 1.807) is 6.07 Å². The predicted octanol–water partition coefficient (Wildman–Crippen LogP) is 1.74. The lowest BCUT2D eigenvalue weighted by atomic mass is 10.3. The first-order valence-corrected chi connectivity index (χ1v) is 6.42. The molecule has 2 aromatic rings. The molecule has 1 amide bonds. The standard InChI is InChI=1S/C12H11N3O2S/c1-18-10-5-3-2-4-8(10)15-12(17)9-6-11(16)14-7-13-9/h2-7H,1H3,(H,15,17)(H,13,14,16). The number of H-pyrrole nitrogens is 1. The van der Waals surface area contributed by atoms with Crippen LogP contribution in [0.25, 0.3) is 0 Å². The number of amides is 1. The Balaban J connectivity index is 2.24. The molecule has 92 valence electrons. The van der Waals surface area contributed by atoms with Crippen molar-refractivity contribution < 1.29 is 4.79 Å². The molecule has 0 unspecified atom stereocenters. The van der Waals surface area contributed by atoms with Crippen molar-refractivity contribution in [1.29, 1.82) is 0 Å². The van der Waals surface area contributed by atoms with Gasteiger partial charge in [0.25, 0.3) is 11.5 Å². The SMILES string of the molecule is CSc1ccccc1NC(=O)c1cc(=O)[nH]cn1. The summed E-state index contributed by atoms with van der Waals surface area (Å²) in [5.41, 5.74) is 0.444. The summed E-state index contributed by atoms with van der Waals surface area (Å²) in [7, 11) is 0. The van der Waals surface area contributed by atoms with Crippen LogP contribution in [0.5, 0.6) is 0 Å². The zero-order chi connectivity index (χ0) is 13.0. The number of benzene rings is 1. The van der Waals surface area contributed by atoms with Crippen LogP contribution in [0.3, 0.4) is 0 Å². The summed E-state index contributed by atoms with van der Waals surface area (Å²) in [6.07, 6.45) is 3.13. The molecule has 0 saturated carbocycles. The topological polar surface area (TPSA) is 74.8 Å². The highest BCUT2D eigenvalue weighted by atomic mass is 32.2. The fourth-order valence-electron chi connectivity index (χ4n) is 1.43. The van der Waals surface area contributed by atoms with Crippen molar-refractivity contribution in [2.75, 3.05) is 11.6 Å². The zero-order valence-electron chi connectivity index (χ0n) is 9.64. The summed E-state index contributed by atoms with van der Waals surface area (Å²) < 4.78 is 0. The number of thioether (sulfide) groups is 1. The van der Waals surface area contributed by atoms with Gasteiger partial charge < -0.3 is 10.3 Å². The summed E-state index contributed by atoms with van der Waals surface area (Å²) in [5.74, 6) is -0.400. The van der Waals surface area contributed by atoms with E-state index in [0.717, 1.165) is 11.0 Å². The van der Waals surface area contributed by atoms with Crippen LogP contribution in [0.1, 0.15) is 10.5 Å². The molecule has 0 aliphatic rings. The van der Waals surface area contributed by atoms with Crippen LogP contribution < -0.4 is 10.9 Å². The van der Waals surface area contributed by atoms with Gasteiger partial charge in [-0.1, -0.05) is 12.1 Å². The van der Waals surface area contributed by atoms with Crippen molar-refractivity contribution in [3.63, 3.8) is 0 Å². The minimum Gasteiger partial charge on any atom is -0.320 e. The molecule has 2 rings (SSSR count). The Kier molecular flexibility index (Phi) is 3.78. The van der Waals surface area contributed by atoms with E-state index in [2.05, 4.69) is 15.3 Å². The van der Waals surface area contributed by atoms with Gasteiger partial charge in [-0.05, 0) is 18.4 Å². The normalized spacial score (nSPS) is 10.1. The lowest BCUT2D eigenvalue weighted by molar-refractivity contribution is 0.102. The average Bonchev–Trinajstić information content (AvgIpc) is 2.39. The second-order valence-corrected chi connectivity index (χ2v) is 4.30. The number of carbonyl (C=O) groups is 1. The largest absolute Gasteiger partial charge is 0.320 e. The van der Waals surface area contributed by atoms with Gasteiger partial charge in [-0.3, -0.25) is 9.59 Å². The molecule has 1 heterocycles. The van der Waals surface area contributed by atoms with Gasteiger partial charge in [-0.15, -0.1) is 11.8 Å². The van der Waals surface area contributed by atoms with Crippen molar-refractivity contribution >= 4 is 23.4 Å². The molecule has 0 saturated heterocycles. The fourth-order valence-corrected chi connectivity index (χ4v) is 1.98. The third kappa shape index (κ3) is 2.78. The van der Waals surface area contributed by atoms with E-state index < -0.39 is 5.91 Å². The number of nitrogens with one attached hydrogen (secondary N) is 2. The first-order chi connectivity index (χ1) is 8.70. The van der Waals surface area contributed by atoms with E-state index in [4.69, 9.17) is 0 Å². The van der Waals surface area contributed by atoms with Gasteiger partial charge in [0.1, 0.15) is 5.69 Å². The Morgan fingerprint density at radius 1 is 1.39 bits per heavy atom. The Morgan fingerprint density at radius 3 is 2.89 bits per heavy atom. The molecule has 0 atom stereocenters. The van der Waals surface area contributed by atoms with E-state index in [1.807, 2.05) is 24.5 Å². The first kappa shape index (κ1) is 12.4. The summed E-state index contributed by atoms with van der Waals surface area (Å²) in [6.45, 7) is 0. The van der Waals surface area contributed by atoms with E-state index in [9.17, 15) is 9.59 Å². The fraction of sp³-hybridized carbons (Fsp3) is 0.0833. The number of rotatable bonds is 3. The minimum atomic E-state index is -0.400. The summed E-state index contributed by atoms with van der Waals surface area (Å²) >= 11 is 1.53. The van der Waals surface area contributed by atoms with Crippen molar-refractivity contribution in [2.45, 2.75) is 4.90 Å². The molecule has 2 N–H and O–H groups in total. The minimum absolute atomic E-state index is 0.0923. The second kappa shape index (κ2) is 5.50. The molecule has 0 fully saturated rings. The maximum Gasteiger partial charge on any atom is 0.274 e. The molecule has 0 spiro atoms. The van der Waals surface area contributed by atoms with Gasteiger partial charge in [0.15, 0.2) is 0 Å². The number of aromatic amines is 1. The van der Waals surface area contributed by atoms with Gasteiger partial charge in [0.2, 0.25) is 0 Å². The molecule has 18 heavy (non-hydrogen) atoms. The van der Waals surface area contributed by atoms with Crippen molar-refractivity contribution in [1.82, 2.24) is 9.97 Å². The number of nitrogens with zero attached hydrogens (tertiary/aromatic N) is 1. The predicted molar refractivity (Wildman–Crippen MR) is 71.0 cm³/mol. The molecular formula is C12H11N3O2S. The van der Waals surface area contributed by atoms with Gasteiger partial charge in [0, 0.05) is 11.0 Å². The summed E-state index contributed by atoms with van der Waals surface area (Å²) in [4.78, 5) is 30.1. The highest BCUT2D eigenvalue weighted by Gasteiger charge is 2.10.